The second-order valence-electron chi connectivity index (χ2n) is 7.21. The predicted octanol–water partition coefficient (Wildman–Crippen LogP) is -1.84. The zero-order valence-corrected chi connectivity index (χ0v) is 17.5. The Morgan fingerprint density at radius 3 is 1.83 bits per heavy atom. The van der Waals surface area contributed by atoms with Crippen LogP contribution in [0.2, 0.25) is 0 Å². The quantitative estimate of drug-likeness (QED) is 0.174. The number of rotatable bonds is 13. The van der Waals surface area contributed by atoms with E-state index >= 15 is 0 Å². The maximum absolute atomic E-state index is 12.5. The highest BCUT2D eigenvalue weighted by atomic mass is 16.4. The van der Waals surface area contributed by atoms with Gasteiger partial charge < -0.3 is 37.0 Å². The van der Waals surface area contributed by atoms with E-state index in [-0.39, 0.29) is 18.8 Å². The van der Waals surface area contributed by atoms with Gasteiger partial charge >= 0.3 is 11.9 Å². The number of carboxylic acids is 2. The van der Waals surface area contributed by atoms with Crippen LogP contribution in [-0.4, -0.2) is 75.3 Å². The van der Waals surface area contributed by atoms with Crippen molar-refractivity contribution in [2.24, 2.45) is 11.7 Å². The van der Waals surface area contributed by atoms with Crippen LogP contribution in [0.4, 0.5) is 0 Å². The van der Waals surface area contributed by atoms with Crippen LogP contribution < -0.4 is 21.7 Å². The van der Waals surface area contributed by atoms with E-state index in [1.165, 1.54) is 13.8 Å². The molecule has 6 unspecified atom stereocenters. The van der Waals surface area contributed by atoms with E-state index < -0.39 is 59.9 Å². The van der Waals surface area contributed by atoms with E-state index in [2.05, 4.69) is 16.0 Å². The molecule has 0 saturated carbocycles. The summed E-state index contributed by atoms with van der Waals surface area (Å²) in [5.41, 5.74) is 5.59. The zero-order chi connectivity index (χ0) is 23.6. The third-order valence-electron chi connectivity index (χ3n) is 4.60. The Morgan fingerprint density at radius 2 is 1.40 bits per heavy atom. The minimum Gasteiger partial charge on any atom is -0.481 e. The number of amides is 3. The average molecular weight is 432 g/mol. The van der Waals surface area contributed by atoms with E-state index in [1.54, 1.807) is 13.8 Å². The summed E-state index contributed by atoms with van der Waals surface area (Å²) in [5.74, 6) is -5.13. The molecule has 0 aliphatic carbocycles. The molecule has 0 bridgehead atoms. The minimum absolute atomic E-state index is 0.108. The van der Waals surface area contributed by atoms with Crippen LogP contribution in [0.25, 0.3) is 0 Å². The lowest BCUT2D eigenvalue weighted by Gasteiger charge is -2.27. The first kappa shape index (κ1) is 27.3. The molecule has 172 valence electrons. The summed E-state index contributed by atoms with van der Waals surface area (Å²) < 4.78 is 0. The van der Waals surface area contributed by atoms with Crippen molar-refractivity contribution in [2.75, 3.05) is 0 Å². The van der Waals surface area contributed by atoms with Crippen molar-refractivity contribution >= 4 is 29.7 Å². The first-order valence-electron chi connectivity index (χ1n) is 9.61. The Kier molecular flexibility index (Phi) is 11.6. The molecule has 0 fully saturated rings. The van der Waals surface area contributed by atoms with Gasteiger partial charge in [0.1, 0.15) is 12.1 Å². The number of carbonyl (C=O) groups is 5. The van der Waals surface area contributed by atoms with E-state index in [0.717, 1.165) is 0 Å². The topological polar surface area (TPSA) is 208 Å². The molecule has 0 spiro atoms. The maximum Gasteiger partial charge on any atom is 0.328 e. The van der Waals surface area contributed by atoms with Crippen LogP contribution in [0.15, 0.2) is 0 Å². The Bertz CT molecular complexity index is 640. The van der Waals surface area contributed by atoms with Gasteiger partial charge in [-0.15, -0.1) is 0 Å². The van der Waals surface area contributed by atoms with Crippen LogP contribution in [0.1, 0.15) is 47.0 Å². The number of aliphatic hydroxyl groups excluding tert-OH is 1. The smallest absolute Gasteiger partial charge is 0.328 e. The summed E-state index contributed by atoms with van der Waals surface area (Å²) in [6, 6.07) is -4.86. The molecule has 0 aromatic rings. The van der Waals surface area contributed by atoms with E-state index in [1.807, 2.05) is 0 Å². The molecular weight excluding hydrogens is 400 g/mol. The minimum atomic E-state index is -1.55. The lowest BCUT2D eigenvalue weighted by Crippen LogP contribution is -2.59. The standard InChI is InChI=1S/C18H32N4O8/c1-5-8(2)13(17(28)22-14(10(4)23)18(29)30)21-15(26)9(3)20-16(27)11(19)6-7-12(24)25/h8-11,13-14,23H,5-7,19H2,1-4H3,(H,20,27)(H,21,26)(H,22,28)(H,24,25)(H,29,30). The molecular formula is C18H32N4O8. The molecule has 3 amide bonds. The molecule has 0 aromatic heterocycles. The first-order chi connectivity index (χ1) is 13.8. The molecule has 12 heteroatoms. The van der Waals surface area contributed by atoms with Gasteiger partial charge in [-0.1, -0.05) is 20.3 Å². The number of hydrogen-bond donors (Lipinski definition) is 7. The van der Waals surface area contributed by atoms with Gasteiger partial charge in [-0.3, -0.25) is 19.2 Å². The van der Waals surface area contributed by atoms with Gasteiger partial charge in [0.2, 0.25) is 17.7 Å². The Morgan fingerprint density at radius 1 is 0.867 bits per heavy atom. The summed E-state index contributed by atoms with van der Waals surface area (Å²) in [6.45, 7) is 6.01. The number of nitrogens with two attached hydrogens (primary N) is 1. The fraction of sp³-hybridized carbons (Fsp3) is 0.722. The number of aliphatic hydroxyl groups is 1. The highest BCUT2D eigenvalue weighted by Crippen LogP contribution is 2.09. The van der Waals surface area contributed by atoms with Crippen molar-refractivity contribution in [3.63, 3.8) is 0 Å². The van der Waals surface area contributed by atoms with Gasteiger partial charge in [-0.2, -0.15) is 0 Å². The Labute approximate surface area is 174 Å². The second kappa shape index (κ2) is 12.8. The monoisotopic (exact) mass is 432 g/mol. The normalized spacial score (nSPS) is 16.9. The summed E-state index contributed by atoms with van der Waals surface area (Å²) in [5, 5.41) is 34.3. The van der Waals surface area contributed by atoms with Crippen LogP contribution >= 0.6 is 0 Å². The average Bonchev–Trinajstić information content (AvgIpc) is 2.66. The SMILES string of the molecule is CCC(C)C(NC(=O)C(C)NC(=O)C(N)CCC(=O)O)C(=O)NC(C(=O)O)C(C)O. The van der Waals surface area contributed by atoms with Gasteiger partial charge in [0, 0.05) is 6.42 Å². The highest BCUT2D eigenvalue weighted by Gasteiger charge is 2.33. The van der Waals surface area contributed by atoms with E-state index in [4.69, 9.17) is 15.9 Å². The van der Waals surface area contributed by atoms with Crippen molar-refractivity contribution in [3.05, 3.63) is 0 Å². The van der Waals surface area contributed by atoms with Crippen molar-refractivity contribution < 1.29 is 39.3 Å². The fourth-order valence-corrected chi connectivity index (χ4v) is 2.41. The second-order valence-corrected chi connectivity index (χ2v) is 7.21. The molecule has 0 rings (SSSR count). The highest BCUT2D eigenvalue weighted by molar-refractivity contribution is 5.94. The maximum atomic E-state index is 12.5. The van der Waals surface area contributed by atoms with Crippen molar-refractivity contribution in [2.45, 2.75) is 77.2 Å². The molecule has 8 N–H and O–H groups in total. The van der Waals surface area contributed by atoms with Gasteiger partial charge in [0.15, 0.2) is 6.04 Å². The molecule has 0 saturated heterocycles. The number of hydrogen-bond acceptors (Lipinski definition) is 7. The molecule has 0 radical (unpaired) electrons. The van der Waals surface area contributed by atoms with Crippen molar-refractivity contribution in [3.8, 4) is 0 Å². The summed E-state index contributed by atoms with van der Waals surface area (Å²) in [7, 11) is 0. The third kappa shape index (κ3) is 9.18. The van der Waals surface area contributed by atoms with Crippen LogP contribution in [0.5, 0.6) is 0 Å². The van der Waals surface area contributed by atoms with Gasteiger partial charge in [-0.05, 0) is 26.2 Å². The van der Waals surface area contributed by atoms with Crippen molar-refractivity contribution in [1.82, 2.24) is 16.0 Å². The molecule has 0 heterocycles. The first-order valence-corrected chi connectivity index (χ1v) is 9.61. The number of carbonyl (C=O) groups excluding carboxylic acids is 3. The lowest BCUT2D eigenvalue weighted by atomic mass is 9.97. The lowest BCUT2D eigenvalue weighted by molar-refractivity contribution is -0.145. The summed E-state index contributed by atoms with van der Waals surface area (Å²) in [4.78, 5) is 58.7. The third-order valence-corrected chi connectivity index (χ3v) is 4.60. The molecule has 0 aliphatic heterocycles. The van der Waals surface area contributed by atoms with Crippen molar-refractivity contribution in [1.29, 1.82) is 0 Å². The van der Waals surface area contributed by atoms with Gasteiger partial charge in [-0.25, -0.2) is 4.79 Å². The largest absolute Gasteiger partial charge is 0.481 e. The molecule has 6 atom stereocenters. The molecule has 0 aromatic carbocycles. The van der Waals surface area contributed by atoms with E-state index in [9.17, 15) is 29.1 Å². The van der Waals surface area contributed by atoms with E-state index in [0.29, 0.717) is 6.42 Å². The molecule has 0 aliphatic rings. The molecule has 30 heavy (non-hydrogen) atoms. The summed E-state index contributed by atoms with van der Waals surface area (Å²) >= 11 is 0. The van der Waals surface area contributed by atoms with Crippen LogP contribution in [0.3, 0.4) is 0 Å². The zero-order valence-electron chi connectivity index (χ0n) is 17.5. The predicted molar refractivity (Wildman–Crippen MR) is 105 cm³/mol. The van der Waals surface area contributed by atoms with Gasteiger partial charge in [0.05, 0.1) is 12.1 Å². The summed E-state index contributed by atoms with van der Waals surface area (Å²) in [6.07, 6.45) is -1.29. The Hall–Kier alpha value is -2.73. The Balaban J connectivity index is 5.09. The van der Waals surface area contributed by atoms with Crippen LogP contribution in [-0.2, 0) is 24.0 Å². The number of aliphatic carboxylic acids is 2. The molecule has 12 nitrogen and oxygen atoms in total. The number of nitrogens with one attached hydrogen (secondary N) is 3. The number of carboxylic acid groups (broad SMARTS) is 2. The van der Waals surface area contributed by atoms with Crippen LogP contribution in [0, 0.1) is 5.92 Å². The fourth-order valence-electron chi connectivity index (χ4n) is 2.41. The van der Waals surface area contributed by atoms with Gasteiger partial charge in [0.25, 0.3) is 0 Å².